The number of aromatic nitrogens is 1. The van der Waals surface area contributed by atoms with E-state index >= 15 is 0 Å². The minimum Gasteiger partial charge on any atom is -0.490 e. The molecule has 2 N–H and O–H groups in total. The van der Waals surface area contributed by atoms with Crippen LogP contribution in [0.2, 0.25) is 5.02 Å². The lowest BCUT2D eigenvalue weighted by atomic mass is 9.93. The van der Waals surface area contributed by atoms with Gasteiger partial charge in [-0.05, 0) is 38.3 Å². The molecule has 3 aromatic rings. The van der Waals surface area contributed by atoms with Crippen LogP contribution < -0.4 is 16.1 Å². The van der Waals surface area contributed by atoms with E-state index in [2.05, 4.69) is 18.8 Å². The van der Waals surface area contributed by atoms with Crippen molar-refractivity contribution in [3.63, 3.8) is 0 Å². The molecular weight excluding hydrogens is 352 g/mol. The lowest BCUT2D eigenvalue weighted by molar-refractivity contribution is 0.207. The van der Waals surface area contributed by atoms with Gasteiger partial charge in [0.15, 0.2) is 0 Å². The zero-order valence-electron chi connectivity index (χ0n) is 15.4. The molecule has 0 saturated heterocycles. The van der Waals surface area contributed by atoms with Crippen LogP contribution >= 0.6 is 11.6 Å². The normalized spacial score (nSPS) is 14.1. The lowest BCUT2D eigenvalue weighted by Gasteiger charge is -2.26. The van der Waals surface area contributed by atoms with E-state index in [1.807, 2.05) is 19.9 Å². The zero-order valence-corrected chi connectivity index (χ0v) is 16.2. The van der Waals surface area contributed by atoms with Gasteiger partial charge < -0.3 is 14.9 Å². The van der Waals surface area contributed by atoms with Crippen LogP contribution in [0.4, 0.5) is 0 Å². The summed E-state index contributed by atoms with van der Waals surface area (Å²) in [6.07, 6.45) is 2.35. The Kier molecular flexibility index (Phi) is 4.95. The van der Waals surface area contributed by atoms with Crippen LogP contribution in [0, 0.1) is 12.8 Å². The van der Waals surface area contributed by atoms with Crippen molar-refractivity contribution in [3.05, 3.63) is 45.5 Å². The third kappa shape index (κ3) is 3.84. The van der Waals surface area contributed by atoms with Crippen LogP contribution in [-0.4, -0.2) is 17.1 Å². The Labute approximate surface area is 157 Å². The molecule has 0 radical (unpaired) electrons. The predicted molar refractivity (Wildman–Crippen MR) is 105 cm³/mol. The predicted octanol–water partition coefficient (Wildman–Crippen LogP) is 4.45. The third-order valence-electron chi connectivity index (χ3n) is 4.22. The van der Waals surface area contributed by atoms with Crippen molar-refractivity contribution in [3.8, 4) is 5.75 Å². The van der Waals surface area contributed by atoms with E-state index < -0.39 is 11.2 Å². The molecule has 0 amide bonds. The Morgan fingerprint density at radius 3 is 2.69 bits per heavy atom. The van der Waals surface area contributed by atoms with Crippen molar-refractivity contribution in [1.82, 2.24) is 4.98 Å². The molecule has 26 heavy (non-hydrogen) atoms. The number of benzene rings is 1. The summed E-state index contributed by atoms with van der Waals surface area (Å²) in [7, 11) is 0. The Bertz CT molecular complexity index is 1020. The molecular formula is C20H23ClN2O3. The van der Waals surface area contributed by atoms with E-state index in [1.165, 1.54) is 6.20 Å². The van der Waals surface area contributed by atoms with E-state index in [4.69, 9.17) is 26.5 Å². The van der Waals surface area contributed by atoms with Crippen molar-refractivity contribution in [1.29, 1.82) is 0 Å². The number of hydrogen-bond donors (Lipinski definition) is 1. The molecule has 0 fully saturated rings. The maximum Gasteiger partial charge on any atom is 0.345 e. The SMILES string of the molecule is Cc1cc2c(cn1)c(=O)oc1cc(OCC(C)(N)CC(C)C)c(Cl)cc12. The number of ether oxygens (including phenoxy) is 1. The minimum absolute atomic E-state index is 0.317. The highest BCUT2D eigenvalue weighted by molar-refractivity contribution is 6.33. The zero-order chi connectivity index (χ0) is 19.1. The van der Waals surface area contributed by atoms with Gasteiger partial charge in [-0.1, -0.05) is 25.4 Å². The first kappa shape index (κ1) is 18.7. The van der Waals surface area contributed by atoms with E-state index in [-0.39, 0.29) is 0 Å². The number of aryl methyl sites for hydroxylation is 1. The second-order valence-corrected chi connectivity index (χ2v) is 7.99. The summed E-state index contributed by atoms with van der Waals surface area (Å²) in [6.45, 7) is 8.37. The molecule has 3 rings (SSSR count). The van der Waals surface area contributed by atoms with Gasteiger partial charge in [0.1, 0.15) is 17.9 Å². The van der Waals surface area contributed by atoms with Gasteiger partial charge in [0.2, 0.25) is 0 Å². The molecule has 1 atom stereocenters. The molecule has 0 aliphatic carbocycles. The summed E-state index contributed by atoms with van der Waals surface area (Å²) in [6, 6.07) is 5.26. The molecule has 0 saturated carbocycles. The third-order valence-corrected chi connectivity index (χ3v) is 4.51. The van der Waals surface area contributed by atoms with Crippen LogP contribution in [0.5, 0.6) is 5.75 Å². The minimum atomic E-state index is -0.473. The Hall–Kier alpha value is -2.11. The van der Waals surface area contributed by atoms with Gasteiger partial charge in [0, 0.05) is 34.3 Å². The number of hydrogen-bond acceptors (Lipinski definition) is 5. The number of pyridine rings is 1. The van der Waals surface area contributed by atoms with E-state index in [1.54, 1.807) is 12.1 Å². The fraction of sp³-hybridized carbons (Fsp3) is 0.400. The number of halogens is 1. The number of nitrogens with two attached hydrogens (primary N) is 1. The fourth-order valence-corrected chi connectivity index (χ4v) is 3.49. The van der Waals surface area contributed by atoms with Gasteiger partial charge in [-0.2, -0.15) is 0 Å². The average molecular weight is 375 g/mol. The summed E-state index contributed by atoms with van der Waals surface area (Å²) in [5, 5.41) is 2.39. The monoisotopic (exact) mass is 374 g/mol. The van der Waals surface area contributed by atoms with Crippen molar-refractivity contribution < 1.29 is 9.15 Å². The van der Waals surface area contributed by atoms with Crippen LogP contribution in [0.3, 0.4) is 0 Å². The molecule has 2 heterocycles. The second kappa shape index (κ2) is 6.89. The van der Waals surface area contributed by atoms with Crippen molar-refractivity contribution in [2.24, 2.45) is 11.7 Å². The molecule has 1 aromatic carbocycles. The lowest BCUT2D eigenvalue weighted by Crippen LogP contribution is -2.43. The number of fused-ring (bicyclic) bond motifs is 3. The van der Waals surface area contributed by atoms with Gasteiger partial charge in [-0.25, -0.2) is 4.79 Å². The largest absolute Gasteiger partial charge is 0.490 e. The highest BCUT2D eigenvalue weighted by Crippen LogP contribution is 2.33. The highest BCUT2D eigenvalue weighted by atomic mass is 35.5. The molecule has 138 valence electrons. The van der Waals surface area contributed by atoms with Crippen LogP contribution in [0.1, 0.15) is 32.9 Å². The van der Waals surface area contributed by atoms with Gasteiger partial charge in [-0.3, -0.25) is 4.98 Å². The summed E-state index contributed by atoms with van der Waals surface area (Å²) in [4.78, 5) is 16.4. The molecule has 6 heteroatoms. The first-order chi connectivity index (χ1) is 12.2. The summed E-state index contributed by atoms with van der Waals surface area (Å²) in [5.41, 5.74) is 6.63. The first-order valence-corrected chi connectivity index (χ1v) is 8.98. The Balaban J connectivity index is 2.03. The van der Waals surface area contributed by atoms with Crippen molar-refractivity contribution in [2.75, 3.05) is 6.61 Å². The van der Waals surface area contributed by atoms with Crippen molar-refractivity contribution in [2.45, 2.75) is 39.7 Å². The van der Waals surface area contributed by atoms with Crippen molar-refractivity contribution >= 4 is 33.3 Å². The highest BCUT2D eigenvalue weighted by Gasteiger charge is 2.22. The summed E-state index contributed by atoms with van der Waals surface area (Å²) < 4.78 is 11.3. The topological polar surface area (TPSA) is 78.3 Å². The Morgan fingerprint density at radius 2 is 2.00 bits per heavy atom. The second-order valence-electron chi connectivity index (χ2n) is 7.58. The Morgan fingerprint density at radius 1 is 1.27 bits per heavy atom. The molecule has 2 aromatic heterocycles. The summed E-state index contributed by atoms with van der Waals surface area (Å²) in [5.74, 6) is 0.912. The van der Waals surface area contributed by atoms with Crippen LogP contribution in [0.25, 0.3) is 21.7 Å². The maximum atomic E-state index is 12.2. The fourth-order valence-electron chi connectivity index (χ4n) is 3.27. The van der Waals surface area contributed by atoms with Gasteiger partial charge >= 0.3 is 5.63 Å². The number of rotatable bonds is 5. The molecule has 0 aliphatic heterocycles. The smallest absolute Gasteiger partial charge is 0.345 e. The van der Waals surface area contributed by atoms with Gasteiger partial charge in [0.25, 0.3) is 0 Å². The standard InChI is InChI=1S/C20H23ClN2O3/c1-11(2)8-20(4,22)10-25-18-7-17-14(6-16(18)21)13-5-12(3)23-9-15(13)19(24)26-17/h5-7,9,11H,8,10,22H2,1-4H3. The van der Waals surface area contributed by atoms with E-state index in [0.717, 1.165) is 22.9 Å². The van der Waals surface area contributed by atoms with Crippen LogP contribution in [-0.2, 0) is 0 Å². The van der Waals surface area contributed by atoms with E-state index in [9.17, 15) is 4.79 Å². The molecule has 0 spiro atoms. The first-order valence-electron chi connectivity index (χ1n) is 8.61. The van der Waals surface area contributed by atoms with Gasteiger partial charge in [-0.15, -0.1) is 0 Å². The quantitative estimate of drug-likeness (QED) is 0.527. The molecule has 0 aliphatic rings. The van der Waals surface area contributed by atoms with Crippen LogP contribution in [0.15, 0.2) is 33.6 Å². The summed E-state index contributed by atoms with van der Waals surface area (Å²) >= 11 is 6.42. The molecule has 1 unspecified atom stereocenters. The van der Waals surface area contributed by atoms with E-state index in [0.29, 0.717) is 34.3 Å². The molecule has 0 bridgehead atoms. The maximum absolute atomic E-state index is 12.2. The average Bonchev–Trinajstić information content (AvgIpc) is 2.52. The molecule has 5 nitrogen and oxygen atoms in total. The number of nitrogens with zero attached hydrogens (tertiary/aromatic N) is 1. The van der Waals surface area contributed by atoms with Gasteiger partial charge in [0.05, 0.1) is 10.4 Å².